The van der Waals surface area contributed by atoms with Crippen molar-refractivity contribution in [1.29, 1.82) is 0 Å². The predicted octanol–water partition coefficient (Wildman–Crippen LogP) is 5.36. The van der Waals surface area contributed by atoms with Crippen molar-refractivity contribution >= 4 is 26.6 Å². The van der Waals surface area contributed by atoms with Gasteiger partial charge in [0.05, 0.1) is 10.6 Å². The van der Waals surface area contributed by atoms with Crippen molar-refractivity contribution in [1.82, 2.24) is 9.47 Å². The van der Waals surface area contributed by atoms with E-state index in [4.69, 9.17) is 0 Å². The first-order chi connectivity index (χ1) is 16.3. The molecular formula is C28H30N2O3S. The largest absolute Gasteiger partial charge is 0.337 e. The Balaban J connectivity index is 1.66. The fraction of sp³-hybridized carbons (Fsp3) is 0.250. The Hall–Kier alpha value is -3.38. The Bertz CT molecular complexity index is 1410. The van der Waals surface area contributed by atoms with Gasteiger partial charge in [0.1, 0.15) is 6.54 Å². The van der Waals surface area contributed by atoms with Crippen LogP contribution >= 0.6 is 0 Å². The molecule has 3 aromatic carbocycles. The van der Waals surface area contributed by atoms with E-state index in [2.05, 4.69) is 0 Å². The summed E-state index contributed by atoms with van der Waals surface area (Å²) in [5.41, 5.74) is 3.52. The molecule has 0 unspecified atom stereocenters. The van der Waals surface area contributed by atoms with Gasteiger partial charge in [0.25, 0.3) is 0 Å². The minimum atomic E-state index is -3.61. The molecule has 1 amide bonds. The van der Waals surface area contributed by atoms with Crippen LogP contribution in [0.15, 0.2) is 90.0 Å². The summed E-state index contributed by atoms with van der Waals surface area (Å²) >= 11 is 0. The maximum absolute atomic E-state index is 13.4. The number of nitrogens with zero attached hydrogens (tertiary/aromatic N) is 2. The van der Waals surface area contributed by atoms with Gasteiger partial charge in [-0.2, -0.15) is 0 Å². The monoisotopic (exact) mass is 474 g/mol. The van der Waals surface area contributed by atoms with Crippen molar-refractivity contribution in [3.63, 3.8) is 0 Å². The molecule has 0 N–H and O–H groups in total. The lowest BCUT2D eigenvalue weighted by atomic mass is 10.1. The van der Waals surface area contributed by atoms with E-state index in [1.807, 2.05) is 105 Å². The molecule has 0 aliphatic carbocycles. The number of benzene rings is 3. The molecule has 4 aromatic rings. The highest BCUT2D eigenvalue weighted by molar-refractivity contribution is 7.90. The lowest BCUT2D eigenvalue weighted by Crippen LogP contribution is -2.38. The van der Waals surface area contributed by atoms with Gasteiger partial charge in [0, 0.05) is 29.7 Å². The summed E-state index contributed by atoms with van der Waals surface area (Å²) in [6.07, 6.45) is 1.62. The van der Waals surface area contributed by atoms with Crippen LogP contribution in [-0.2, 0) is 33.5 Å². The summed E-state index contributed by atoms with van der Waals surface area (Å²) in [4.78, 5) is 15.4. The summed E-state index contributed by atoms with van der Waals surface area (Å²) in [5.74, 6) is -0.129. The van der Waals surface area contributed by atoms with Gasteiger partial charge >= 0.3 is 0 Å². The number of hydrogen-bond donors (Lipinski definition) is 0. The molecule has 6 heteroatoms. The maximum atomic E-state index is 13.4. The molecule has 0 fully saturated rings. The molecule has 176 valence electrons. The number of fused-ring (bicyclic) bond motifs is 1. The molecule has 1 aromatic heterocycles. The first-order valence-electron chi connectivity index (χ1n) is 11.4. The van der Waals surface area contributed by atoms with E-state index in [0.717, 1.165) is 22.2 Å². The Morgan fingerprint density at radius 2 is 1.56 bits per heavy atom. The second kappa shape index (κ2) is 9.85. The van der Waals surface area contributed by atoms with Crippen molar-refractivity contribution in [3.05, 3.63) is 102 Å². The molecule has 0 saturated heterocycles. The molecular weight excluding hydrogens is 444 g/mol. The number of hydrogen-bond acceptors (Lipinski definition) is 3. The first-order valence-corrected chi connectivity index (χ1v) is 13.1. The third-order valence-corrected chi connectivity index (χ3v) is 7.83. The number of para-hydroxylation sites is 1. The van der Waals surface area contributed by atoms with E-state index in [9.17, 15) is 13.2 Å². The Kier molecular flexibility index (Phi) is 6.89. The molecule has 4 rings (SSSR count). The van der Waals surface area contributed by atoms with Crippen molar-refractivity contribution in [2.45, 2.75) is 50.6 Å². The van der Waals surface area contributed by atoms with Gasteiger partial charge in [-0.3, -0.25) is 4.79 Å². The molecule has 0 aliphatic rings. The average Bonchev–Trinajstić information content (AvgIpc) is 3.19. The van der Waals surface area contributed by atoms with Gasteiger partial charge in [-0.15, -0.1) is 0 Å². The predicted molar refractivity (Wildman–Crippen MR) is 136 cm³/mol. The van der Waals surface area contributed by atoms with Gasteiger partial charge in [-0.1, -0.05) is 72.8 Å². The third kappa shape index (κ3) is 5.07. The van der Waals surface area contributed by atoms with Crippen LogP contribution in [0.2, 0.25) is 0 Å². The fourth-order valence-electron chi connectivity index (χ4n) is 4.22. The van der Waals surface area contributed by atoms with Gasteiger partial charge in [-0.25, -0.2) is 8.42 Å². The quantitative estimate of drug-likeness (QED) is 0.345. The van der Waals surface area contributed by atoms with Gasteiger partial charge in [-0.05, 0) is 43.5 Å². The van der Waals surface area contributed by atoms with Crippen molar-refractivity contribution in [2.75, 3.05) is 0 Å². The van der Waals surface area contributed by atoms with Gasteiger partial charge in [0.15, 0.2) is 9.84 Å². The lowest BCUT2D eigenvalue weighted by molar-refractivity contribution is -0.134. The van der Waals surface area contributed by atoms with Crippen molar-refractivity contribution < 1.29 is 13.2 Å². The summed E-state index contributed by atoms with van der Waals surface area (Å²) in [6, 6.07) is 24.8. The SMILES string of the molecule is Cc1ccccc1CS(=O)(=O)c1cn(CC(=O)N(Cc2ccccc2)C(C)C)c2ccccc12. The second-order valence-electron chi connectivity index (χ2n) is 8.92. The van der Waals surface area contributed by atoms with E-state index in [-0.39, 0.29) is 29.1 Å². The summed E-state index contributed by atoms with van der Waals surface area (Å²) in [6.45, 7) is 6.49. The number of rotatable bonds is 8. The Morgan fingerprint density at radius 3 is 2.26 bits per heavy atom. The molecule has 5 nitrogen and oxygen atoms in total. The minimum absolute atomic E-state index is 0.0128. The lowest BCUT2D eigenvalue weighted by Gasteiger charge is -2.27. The number of aryl methyl sites for hydroxylation is 1. The average molecular weight is 475 g/mol. The van der Waals surface area contributed by atoms with E-state index >= 15 is 0 Å². The van der Waals surface area contributed by atoms with Crippen LogP contribution in [0.4, 0.5) is 0 Å². The highest BCUT2D eigenvalue weighted by atomic mass is 32.2. The van der Waals surface area contributed by atoms with Gasteiger partial charge < -0.3 is 9.47 Å². The molecule has 0 spiro atoms. The highest BCUT2D eigenvalue weighted by Crippen LogP contribution is 2.29. The van der Waals surface area contributed by atoms with E-state index < -0.39 is 9.84 Å². The van der Waals surface area contributed by atoms with Crippen LogP contribution in [0.3, 0.4) is 0 Å². The van der Waals surface area contributed by atoms with Crippen molar-refractivity contribution in [3.8, 4) is 0 Å². The Morgan fingerprint density at radius 1 is 0.912 bits per heavy atom. The normalized spacial score (nSPS) is 11.8. The van der Waals surface area contributed by atoms with E-state index in [0.29, 0.717) is 11.9 Å². The van der Waals surface area contributed by atoms with Crippen LogP contribution in [0.25, 0.3) is 10.9 Å². The molecule has 0 atom stereocenters. The van der Waals surface area contributed by atoms with Crippen LogP contribution in [-0.4, -0.2) is 29.8 Å². The van der Waals surface area contributed by atoms with E-state index in [1.54, 1.807) is 10.8 Å². The summed E-state index contributed by atoms with van der Waals surface area (Å²) in [7, 11) is -3.61. The molecule has 34 heavy (non-hydrogen) atoms. The number of amides is 1. The van der Waals surface area contributed by atoms with Gasteiger partial charge in [0.2, 0.25) is 5.91 Å². The minimum Gasteiger partial charge on any atom is -0.337 e. The zero-order valence-corrected chi connectivity index (χ0v) is 20.6. The topological polar surface area (TPSA) is 59.4 Å². The zero-order chi connectivity index (χ0) is 24.3. The number of aromatic nitrogens is 1. The standard InChI is InChI=1S/C28H30N2O3S/c1-21(2)30(17-23-12-5-4-6-13-23)28(31)19-29-18-27(25-15-9-10-16-26(25)29)34(32,33)20-24-14-8-7-11-22(24)3/h4-16,18,21H,17,19-20H2,1-3H3. The molecule has 0 bridgehead atoms. The number of carbonyl (C=O) groups excluding carboxylic acids is 1. The van der Waals surface area contributed by atoms with Crippen LogP contribution in [0.5, 0.6) is 0 Å². The molecule has 1 heterocycles. The molecule has 0 aliphatic heterocycles. The number of carbonyl (C=O) groups is 1. The van der Waals surface area contributed by atoms with Crippen LogP contribution < -0.4 is 0 Å². The molecule has 0 saturated carbocycles. The fourth-order valence-corrected chi connectivity index (χ4v) is 5.91. The second-order valence-corrected chi connectivity index (χ2v) is 10.9. The third-order valence-electron chi connectivity index (χ3n) is 6.14. The van der Waals surface area contributed by atoms with Crippen molar-refractivity contribution in [2.24, 2.45) is 0 Å². The van der Waals surface area contributed by atoms with Crippen LogP contribution in [0, 0.1) is 6.92 Å². The first kappa shape index (κ1) is 23.8. The highest BCUT2D eigenvalue weighted by Gasteiger charge is 2.24. The number of sulfone groups is 1. The summed E-state index contributed by atoms with van der Waals surface area (Å²) in [5, 5.41) is 0.642. The van der Waals surface area contributed by atoms with Crippen LogP contribution in [0.1, 0.15) is 30.5 Å². The summed E-state index contributed by atoms with van der Waals surface area (Å²) < 4.78 is 28.6. The maximum Gasteiger partial charge on any atom is 0.243 e. The molecule has 0 radical (unpaired) electrons. The smallest absolute Gasteiger partial charge is 0.243 e. The zero-order valence-electron chi connectivity index (χ0n) is 19.8. The Labute approximate surface area is 201 Å². The van der Waals surface area contributed by atoms with E-state index in [1.165, 1.54) is 0 Å².